The SMILES string of the molecule is CCCSc1nc(N(CCOC2CCCCO2)C2CC2c2ccc(F)c(F)c2)c2nnn(C3CC(O)C4OC(C)(C)OC43)c2n1. The zero-order valence-electron chi connectivity index (χ0n) is 25.8. The predicted octanol–water partition coefficient (Wildman–Crippen LogP) is 4.73. The maximum atomic E-state index is 14.2. The summed E-state index contributed by atoms with van der Waals surface area (Å²) in [6.07, 6.45) is 3.17. The molecule has 0 amide bonds. The van der Waals surface area contributed by atoms with E-state index < -0.39 is 35.7 Å². The molecule has 0 spiro atoms. The monoisotopic (exact) mass is 646 g/mol. The van der Waals surface area contributed by atoms with E-state index in [0.29, 0.717) is 48.3 Å². The van der Waals surface area contributed by atoms with E-state index in [1.165, 1.54) is 12.1 Å². The first-order valence-electron chi connectivity index (χ1n) is 16.0. The van der Waals surface area contributed by atoms with E-state index in [4.69, 9.17) is 28.9 Å². The Bertz CT molecular complexity index is 1520. The van der Waals surface area contributed by atoms with Gasteiger partial charge in [0.25, 0.3) is 0 Å². The zero-order valence-corrected chi connectivity index (χ0v) is 26.6. The molecule has 2 aliphatic heterocycles. The molecule has 14 heteroatoms. The normalized spacial score (nSPS) is 30.6. The van der Waals surface area contributed by atoms with Crippen molar-refractivity contribution in [2.24, 2.45) is 0 Å². The predicted molar refractivity (Wildman–Crippen MR) is 162 cm³/mol. The van der Waals surface area contributed by atoms with E-state index in [1.807, 2.05) is 13.8 Å². The van der Waals surface area contributed by atoms with Crippen LogP contribution in [0.2, 0.25) is 0 Å². The number of nitrogens with zero attached hydrogens (tertiary/aromatic N) is 6. The molecule has 2 aromatic heterocycles. The van der Waals surface area contributed by atoms with Crippen molar-refractivity contribution in [1.82, 2.24) is 25.0 Å². The van der Waals surface area contributed by atoms with Gasteiger partial charge in [-0.3, -0.25) is 0 Å². The van der Waals surface area contributed by atoms with Crippen molar-refractivity contribution in [3.05, 3.63) is 35.4 Å². The Morgan fingerprint density at radius 3 is 2.76 bits per heavy atom. The molecule has 45 heavy (non-hydrogen) atoms. The fourth-order valence-corrected chi connectivity index (χ4v) is 7.52. The molecule has 4 heterocycles. The summed E-state index contributed by atoms with van der Waals surface area (Å²) >= 11 is 1.56. The van der Waals surface area contributed by atoms with Crippen LogP contribution in [0.4, 0.5) is 14.6 Å². The van der Waals surface area contributed by atoms with Gasteiger partial charge in [0, 0.05) is 37.3 Å². The smallest absolute Gasteiger partial charge is 0.191 e. The van der Waals surface area contributed by atoms with Crippen molar-refractivity contribution in [1.29, 1.82) is 0 Å². The minimum absolute atomic E-state index is 0.0187. The first-order chi connectivity index (χ1) is 21.7. The van der Waals surface area contributed by atoms with Crippen LogP contribution in [-0.2, 0) is 18.9 Å². The van der Waals surface area contributed by atoms with Gasteiger partial charge in [0.1, 0.15) is 12.2 Å². The number of hydrogen-bond donors (Lipinski definition) is 1. The number of hydrogen-bond acceptors (Lipinski definition) is 11. The van der Waals surface area contributed by atoms with Gasteiger partial charge in [0.05, 0.1) is 18.8 Å². The lowest BCUT2D eigenvalue weighted by molar-refractivity contribution is -0.165. The Morgan fingerprint density at radius 2 is 1.98 bits per heavy atom. The maximum Gasteiger partial charge on any atom is 0.191 e. The minimum Gasteiger partial charge on any atom is -0.390 e. The van der Waals surface area contributed by atoms with E-state index in [2.05, 4.69) is 22.1 Å². The summed E-state index contributed by atoms with van der Waals surface area (Å²) in [5, 5.41) is 20.6. The fourth-order valence-electron chi connectivity index (χ4n) is 6.83. The van der Waals surface area contributed by atoms with Crippen LogP contribution in [0, 0.1) is 11.6 Å². The van der Waals surface area contributed by atoms with E-state index in [-0.39, 0.29) is 24.3 Å². The van der Waals surface area contributed by atoms with Gasteiger partial charge >= 0.3 is 0 Å². The van der Waals surface area contributed by atoms with Crippen molar-refractivity contribution in [2.75, 3.05) is 30.4 Å². The highest BCUT2D eigenvalue weighted by Crippen LogP contribution is 2.48. The molecule has 1 aromatic carbocycles. The topological polar surface area (TPSA) is 117 Å². The molecule has 3 aromatic rings. The number of benzene rings is 1. The maximum absolute atomic E-state index is 14.2. The molecule has 4 fully saturated rings. The van der Waals surface area contributed by atoms with Crippen LogP contribution in [0.5, 0.6) is 0 Å². The Morgan fingerprint density at radius 1 is 1.13 bits per heavy atom. The van der Waals surface area contributed by atoms with Gasteiger partial charge in [0.2, 0.25) is 0 Å². The van der Waals surface area contributed by atoms with E-state index in [1.54, 1.807) is 22.5 Å². The first-order valence-corrected chi connectivity index (χ1v) is 16.9. The van der Waals surface area contributed by atoms with Crippen LogP contribution in [-0.4, -0.2) is 92.0 Å². The Kier molecular flexibility index (Phi) is 8.72. The molecular formula is C31H40F2N6O5S. The number of aliphatic hydroxyl groups excluding tert-OH is 1. The summed E-state index contributed by atoms with van der Waals surface area (Å²) in [4.78, 5) is 12.1. The van der Waals surface area contributed by atoms with Gasteiger partial charge in [-0.2, -0.15) is 0 Å². The van der Waals surface area contributed by atoms with Gasteiger partial charge in [-0.1, -0.05) is 30.0 Å². The zero-order chi connectivity index (χ0) is 31.3. The molecule has 244 valence electrons. The lowest BCUT2D eigenvalue weighted by Crippen LogP contribution is -2.34. The molecule has 2 aliphatic carbocycles. The number of anilines is 1. The van der Waals surface area contributed by atoms with Gasteiger partial charge in [0.15, 0.2) is 45.8 Å². The van der Waals surface area contributed by atoms with Crippen molar-refractivity contribution < 1.29 is 32.8 Å². The van der Waals surface area contributed by atoms with Gasteiger partial charge in [-0.15, -0.1) is 5.10 Å². The highest BCUT2D eigenvalue weighted by Gasteiger charge is 2.55. The standard InChI is InChI=1S/C31H40F2N6O5S/c1-4-13-45-30-34-28(25-29(35-30)39(37-36-25)22-16-23(40)27-26(22)43-31(2,3)44-27)38(10-12-42-24-7-5-6-11-41-24)21-15-18(21)17-8-9-19(32)20(33)14-17/h8-9,14,18,21-24,26-27,40H,4-7,10-13,15-16H2,1-3H3. The van der Waals surface area contributed by atoms with Crippen LogP contribution in [0.3, 0.4) is 0 Å². The highest BCUT2D eigenvalue weighted by molar-refractivity contribution is 7.99. The summed E-state index contributed by atoms with van der Waals surface area (Å²) in [5.41, 5.74) is 1.81. The third-order valence-electron chi connectivity index (χ3n) is 9.01. The van der Waals surface area contributed by atoms with Gasteiger partial charge in [-0.05, 0) is 63.6 Å². The minimum atomic E-state index is -0.861. The summed E-state index contributed by atoms with van der Waals surface area (Å²) in [6.45, 7) is 7.34. The quantitative estimate of drug-likeness (QED) is 0.230. The molecule has 0 radical (unpaired) electrons. The number of halogens is 2. The van der Waals surface area contributed by atoms with Crippen molar-refractivity contribution in [2.45, 2.75) is 113 Å². The van der Waals surface area contributed by atoms with Crippen LogP contribution in [0.25, 0.3) is 11.2 Å². The second kappa shape index (κ2) is 12.6. The molecule has 7 rings (SSSR count). The number of ether oxygens (including phenoxy) is 4. The number of rotatable bonds is 11. The van der Waals surface area contributed by atoms with Crippen molar-refractivity contribution in [3.8, 4) is 0 Å². The Balaban J connectivity index is 1.24. The second-order valence-electron chi connectivity index (χ2n) is 12.8. The third kappa shape index (κ3) is 6.29. The average molecular weight is 647 g/mol. The lowest BCUT2D eigenvalue weighted by atomic mass is 10.1. The van der Waals surface area contributed by atoms with E-state index in [9.17, 15) is 13.9 Å². The Hall–Kier alpha value is -2.49. The number of aliphatic hydroxyl groups is 1. The third-order valence-corrected chi connectivity index (χ3v) is 10.1. The molecule has 2 saturated heterocycles. The van der Waals surface area contributed by atoms with E-state index in [0.717, 1.165) is 43.4 Å². The van der Waals surface area contributed by atoms with Gasteiger partial charge < -0.3 is 29.0 Å². The van der Waals surface area contributed by atoms with Gasteiger partial charge in [-0.25, -0.2) is 23.4 Å². The molecule has 1 N–H and O–H groups in total. The molecule has 7 unspecified atom stereocenters. The Labute approximate surface area is 265 Å². The van der Waals surface area contributed by atoms with Crippen molar-refractivity contribution >= 4 is 28.7 Å². The average Bonchev–Trinajstić information content (AvgIpc) is 3.46. The molecule has 2 saturated carbocycles. The largest absolute Gasteiger partial charge is 0.390 e. The second-order valence-corrected chi connectivity index (χ2v) is 13.8. The van der Waals surface area contributed by atoms with Crippen LogP contribution < -0.4 is 4.90 Å². The number of aromatic nitrogens is 5. The summed E-state index contributed by atoms with van der Waals surface area (Å²) in [6, 6.07) is 3.74. The highest BCUT2D eigenvalue weighted by atomic mass is 32.2. The first kappa shape index (κ1) is 31.1. The van der Waals surface area contributed by atoms with Crippen LogP contribution >= 0.6 is 11.8 Å². The molecule has 11 nitrogen and oxygen atoms in total. The number of fused-ring (bicyclic) bond motifs is 2. The van der Waals surface area contributed by atoms with Crippen LogP contribution in [0.15, 0.2) is 23.4 Å². The molecule has 7 atom stereocenters. The summed E-state index contributed by atoms with van der Waals surface area (Å²) < 4.78 is 53.9. The molecule has 4 aliphatic rings. The summed E-state index contributed by atoms with van der Waals surface area (Å²) in [5.74, 6) is -1.12. The molecular weight excluding hydrogens is 606 g/mol. The van der Waals surface area contributed by atoms with E-state index >= 15 is 0 Å². The number of thioether (sulfide) groups is 1. The fraction of sp³-hybridized carbons (Fsp3) is 0.677. The lowest BCUT2D eigenvalue weighted by Gasteiger charge is -2.27. The van der Waals surface area contributed by atoms with Crippen LogP contribution in [0.1, 0.15) is 76.8 Å². The molecule has 0 bridgehead atoms. The van der Waals surface area contributed by atoms with Crippen molar-refractivity contribution in [3.63, 3.8) is 0 Å². The summed E-state index contributed by atoms with van der Waals surface area (Å²) in [7, 11) is 0.